The third-order valence-electron chi connectivity index (χ3n) is 11.5. The highest BCUT2D eigenvalue weighted by Crippen LogP contribution is 2.42. The number of amides is 1. The number of ether oxygens (including phenoxy) is 4. The summed E-state index contributed by atoms with van der Waals surface area (Å²) in [7, 11) is 0. The number of alkyl halides is 1. The number of aliphatic hydroxyl groups is 1. The Bertz CT molecular complexity index is 1670. The number of nitrogens with zero attached hydrogens (tertiary/aromatic N) is 4. The van der Waals surface area contributed by atoms with Gasteiger partial charge in [-0.1, -0.05) is 48.5 Å². The molecule has 3 aliphatic rings. The maximum atomic E-state index is 16.6. The zero-order chi connectivity index (χ0) is 40.4. The number of carbonyl (C=O) groups excluding carboxylic acids is 4. The highest BCUT2D eigenvalue weighted by atomic mass is 19.1. The van der Waals surface area contributed by atoms with E-state index in [4.69, 9.17) is 18.9 Å². The number of ketones is 2. The number of hydrogen-bond acceptors (Lipinski definition) is 12. The fourth-order valence-corrected chi connectivity index (χ4v) is 8.54. The summed E-state index contributed by atoms with van der Waals surface area (Å²) in [6, 6.07) is 2.83. The van der Waals surface area contributed by atoms with Gasteiger partial charge in [0, 0.05) is 55.0 Å². The van der Waals surface area contributed by atoms with E-state index in [9.17, 15) is 24.3 Å². The molecule has 304 valence electrons. The molecule has 0 saturated carbocycles. The van der Waals surface area contributed by atoms with Crippen LogP contribution in [0.25, 0.3) is 11.3 Å². The number of nitrogens with one attached hydrogen (secondary N) is 1. The quantitative estimate of drug-likeness (QED) is 0.197. The molecule has 2 unspecified atom stereocenters. The first-order valence-electron chi connectivity index (χ1n) is 19.5. The molecule has 0 bridgehead atoms. The monoisotopic (exact) mass is 771 g/mol. The van der Waals surface area contributed by atoms with Crippen molar-refractivity contribution in [1.29, 1.82) is 0 Å². The van der Waals surface area contributed by atoms with E-state index < -0.39 is 83.4 Å². The normalized spacial score (nSPS) is 36.2. The molecule has 0 aliphatic carbocycles. The number of rotatable bonds is 9. The van der Waals surface area contributed by atoms with Crippen molar-refractivity contribution in [3.63, 3.8) is 0 Å². The molecule has 3 saturated heterocycles. The summed E-state index contributed by atoms with van der Waals surface area (Å²) >= 11 is 0. The highest BCUT2D eigenvalue weighted by molar-refractivity contribution is 6.07. The number of cyclic esters (lactones) is 1. The third kappa shape index (κ3) is 9.11. The lowest BCUT2D eigenvalue weighted by Crippen LogP contribution is -2.57. The molecule has 2 aromatic rings. The molecular weight excluding hydrogens is 713 g/mol. The number of pyridine rings is 1. The minimum Gasteiger partial charge on any atom is -0.456 e. The van der Waals surface area contributed by atoms with E-state index in [2.05, 4.69) is 15.4 Å². The van der Waals surface area contributed by atoms with Gasteiger partial charge in [-0.2, -0.15) is 0 Å². The smallest absolute Gasteiger partial charge is 0.425 e. The van der Waals surface area contributed by atoms with E-state index >= 15 is 4.39 Å². The van der Waals surface area contributed by atoms with Crippen LogP contribution in [0.4, 0.5) is 9.18 Å². The third-order valence-corrected chi connectivity index (χ3v) is 11.5. The summed E-state index contributed by atoms with van der Waals surface area (Å²) in [6.45, 7) is 15.7. The zero-order valence-corrected chi connectivity index (χ0v) is 33.4. The Morgan fingerprint density at radius 2 is 1.80 bits per heavy atom. The number of fused-ring (bicyclic) bond motifs is 1. The minimum atomic E-state index is -3.10. The molecule has 1 amide bonds. The van der Waals surface area contributed by atoms with Crippen molar-refractivity contribution in [2.75, 3.05) is 6.54 Å². The Kier molecular flexibility index (Phi) is 13.2. The number of aryl methyl sites for hydroxylation is 1. The molecular formula is C40H58FN5O9. The molecule has 5 rings (SSSR count). The van der Waals surface area contributed by atoms with Crippen LogP contribution in [0.5, 0.6) is 0 Å². The topological polar surface area (TPSA) is 171 Å². The highest BCUT2D eigenvalue weighted by Gasteiger charge is 2.56. The van der Waals surface area contributed by atoms with Crippen molar-refractivity contribution < 1.29 is 47.6 Å². The molecule has 0 spiro atoms. The number of esters is 1. The average molecular weight is 772 g/mol. The number of imidazole rings is 1. The molecule has 14 nitrogen and oxygen atoms in total. The van der Waals surface area contributed by atoms with Crippen molar-refractivity contribution >= 4 is 23.6 Å². The largest absolute Gasteiger partial charge is 0.456 e. The van der Waals surface area contributed by atoms with Gasteiger partial charge in [0.2, 0.25) is 0 Å². The van der Waals surface area contributed by atoms with Crippen LogP contribution >= 0.6 is 0 Å². The fraction of sp³-hybridized carbons (Fsp3) is 0.700. The van der Waals surface area contributed by atoms with Crippen molar-refractivity contribution in [2.45, 2.75) is 143 Å². The second-order valence-corrected chi connectivity index (χ2v) is 16.6. The molecule has 12 atom stereocenters. The number of hydrogen-bond donors (Lipinski definition) is 2. The lowest BCUT2D eigenvalue weighted by atomic mass is 9.69. The number of aliphatic hydroxyl groups excluding tert-OH is 1. The van der Waals surface area contributed by atoms with Crippen LogP contribution in [0.1, 0.15) is 88.0 Å². The Hall–Kier alpha value is -3.79. The van der Waals surface area contributed by atoms with Crippen LogP contribution in [0.3, 0.4) is 0 Å². The Morgan fingerprint density at radius 1 is 1.07 bits per heavy atom. The van der Waals surface area contributed by atoms with Crippen molar-refractivity contribution in [3.05, 3.63) is 37.1 Å². The Labute approximate surface area is 322 Å². The first-order chi connectivity index (χ1) is 25.9. The lowest BCUT2D eigenvalue weighted by molar-refractivity contribution is -0.284. The van der Waals surface area contributed by atoms with Crippen LogP contribution in [-0.2, 0) is 39.9 Å². The SMILES string of the molecule is CC[C@H]1OC(=O)[C@@](C)(F)C(=O)[C@H](C)[C@@H](OC2O[C@H](C)C[C@H](C)[C@H]2O)C(C)(C)C[C@@H](C)C(=O)[C@H](C)[C@@H]2C1OC(=O)N2NCCCn1cnc(-c2cccnc2)c1. The second-order valence-electron chi connectivity index (χ2n) is 16.6. The van der Waals surface area contributed by atoms with Gasteiger partial charge in [-0.25, -0.2) is 29.4 Å². The first kappa shape index (κ1) is 42.4. The van der Waals surface area contributed by atoms with Crippen molar-refractivity contribution in [1.82, 2.24) is 25.0 Å². The standard InChI is InChI=1S/C40H58FN5O9/c1-10-29-33-30(46(38(51)54-33)44-15-12-16-45-20-28(43-21-45)27-13-11-14-42-19-27)25(5)31(47)23(3)18-39(7,8)35(26(6)34(49)40(9,41)37(50)53-29)55-36-32(48)22(2)17-24(4)52-36/h11,13-14,19-26,29-30,32-33,35-36,44,48H,10,12,15-18H2,1-9H3/t22-,23+,24+,25+,26-,29+,30+,32+,33?,35+,36?,40-/m0/s1. The average Bonchev–Trinajstić information content (AvgIpc) is 3.75. The first-order valence-corrected chi connectivity index (χ1v) is 19.5. The molecule has 0 radical (unpaired) electrons. The van der Waals surface area contributed by atoms with Crippen LogP contribution in [0, 0.1) is 29.1 Å². The summed E-state index contributed by atoms with van der Waals surface area (Å²) in [5, 5.41) is 12.3. The number of halogens is 1. The summed E-state index contributed by atoms with van der Waals surface area (Å²) in [4.78, 5) is 64.2. The summed E-state index contributed by atoms with van der Waals surface area (Å²) < 4.78 is 42.4. The van der Waals surface area contributed by atoms with E-state index in [0.717, 1.165) is 18.2 Å². The van der Waals surface area contributed by atoms with E-state index in [-0.39, 0.29) is 30.6 Å². The summed E-state index contributed by atoms with van der Waals surface area (Å²) in [5.74, 6) is -5.52. The molecule has 15 heteroatoms. The Morgan fingerprint density at radius 3 is 2.47 bits per heavy atom. The second kappa shape index (κ2) is 17.1. The van der Waals surface area contributed by atoms with Crippen molar-refractivity contribution in [2.24, 2.45) is 29.1 Å². The van der Waals surface area contributed by atoms with Crippen LogP contribution in [0.15, 0.2) is 37.1 Å². The van der Waals surface area contributed by atoms with Gasteiger partial charge in [0.05, 0.1) is 24.2 Å². The van der Waals surface area contributed by atoms with Gasteiger partial charge in [-0.3, -0.25) is 14.6 Å². The van der Waals surface area contributed by atoms with Crippen LogP contribution in [0.2, 0.25) is 0 Å². The molecule has 3 aliphatic heterocycles. The molecule has 0 aromatic carbocycles. The van der Waals surface area contributed by atoms with Crippen molar-refractivity contribution in [3.8, 4) is 11.3 Å². The van der Waals surface area contributed by atoms with E-state index in [1.165, 1.54) is 11.9 Å². The maximum Gasteiger partial charge on any atom is 0.425 e. The van der Waals surface area contributed by atoms with Gasteiger partial charge in [0.1, 0.15) is 24.0 Å². The fourth-order valence-electron chi connectivity index (χ4n) is 8.54. The molecule has 3 fully saturated rings. The van der Waals surface area contributed by atoms with Gasteiger partial charge in [0.15, 0.2) is 18.2 Å². The van der Waals surface area contributed by atoms with Gasteiger partial charge < -0.3 is 28.6 Å². The predicted molar refractivity (Wildman–Crippen MR) is 199 cm³/mol. The number of carbonyl (C=O) groups is 4. The number of Topliss-reactive ketones (excluding diaryl/α,β-unsaturated/α-hetero) is 2. The predicted octanol–water partition coefficient (Wildman–Crippen LogP) is 5.07. The lowest BCUT2D eigenvalue weighted by Gasteiger charge is -2.45. The minimum absolute atomic E-state index is 0.107. The number of hydrazine groups is 1. The summed E-state index contributed by atoms with van der Waals surface area (Å²) in [6.07, 6.45) is 1.98. The maximum absolute atomic E-state index is 16.6. The Balaban J connectivity index is 1.40. The number of aromatic nitrogens is 3. The van der Waals surface area contributed by atoms with Crippen LogP contribution < -0.4 is 5.43 Å². The van der Waals surface area contributed by atoms with Gasteiger partial charge in [-0.15, -0.1) is 0 Å². The van der Waals surface area contributed by atoms with E-state index in [1.807, 2.05) is 50.6 Å². The van der Waals surface area contributed by atoms with Gasteiger partial charge >= 0.3 is 12.1 Å². The summed E-state index contributed by atoms with van der Waals surface area (Å²) in [5.41, 5.74) is 0.727. The van der Waals surface area contributed by atoms with Gasteiger partial charge in [-0.05, 0) is 63.0 Å². The molecule has 5 heterocycles. The molecule has 2 N–H and O–H groups in total. The molecule has 55 heavy (non-hydrogen) atoms. The zero-order valence-electron chi connectivity index (χ0n) is 33.4. The van der Waals surface area contributed by atoms with E-state index in [0.29, 0.717) is 25.9 Å². The molecule has 2 aromatic heterocycles. The van der Waals surface area contributed by atoms with Gasteiger partial charge in [0.25, 0.3) is 5.67 Å². The van der Waals surface area contributed by atoms with E-state index in [1.54, 1.807) is 39.5 Å². The van der Waals surface area contributed by atoms with Crippen LogP contribution in [-0.4, -0.2) is 103 Å².